The van der Waals surface area contributed by atoms with Crippen LogP contribution in [0.1, 0.15) is 26.1 Å². The van der Waals surface area contributed by atoms with Crippen molar-refractivity contribution in [3.05, 3.63) is 12.2 Å². The lowest BCUT2D eigenvalue weighted by molar-refractivity contribution is 0.691. The van der Waals surface area contributed by atoms with E-state index in [4.69, 9.17) is 0 Å². The first-order chi connectivity index (χ1) is 5.77. The zero-order valence-corrected chi connectivity index (χ0v) is 7.36. The summed E-state index contributed by atoms with van der Waals surface area (Å²) in [5.41, 5.74) is 1.24. The predicted molar refractivity (Wildman–Crippen MR) is 46.0 cm³/mol. The predicted octanol–water partition coefficient (Wildman–Crippen LogP) is 1.08. The molecule has 0 aromatic carbocycles. The second-order valence-corrected chi connectivity index (χ2v) is 3.34. The molecule has 0 saturated heterocycles. The lowest BCUT2D eigenvalue weighted by atomic mass is 10.0. The highest BCUT2D eigenvalue weighted by atomic mass is 15.4. The summed E-state index contributed by atoms with van der Waals surface area (Å²) in [7, 11) is 0. The molecule has 2 rings (SSSR count). The van der Waals surface area contributed by atoms with E-state index in [1.165, 1.54) is 5.71 Å². The molecular formula is C8H12N4. The van der Waals surface area contributed by atoms with Crippen LogP contribution in [0.5, 0.6) is 0 Å². The van der Waals surface area contributed by atoms with Crippen LogP contribution in [0.25, 0.3) is 0 Å². The molecule has 1 aliphatic heterocycles. The van der Waals surface area contributed by atoms with E-state index in [2.05, 4.69) is 29.1 Å². The Kier molecular flexibility index (Phi) is 1.67. The molecule has 2 heterocycles. The molecule has 1 aliphatic rings. The Bertz CT molecular complexity index is 311. The monoisotopic (exact) mass is 164 g/mol. The van der Waals surface area contributed by atoms with Gasteiger partial charge < -0.3 is 0 Å². The molecule has 4 nitrogen and oxygen atoms in total. The molecule has 1 aromatic rings. The molecule has 1 aromatic heterocycles. The lowest BCUT2D eigenvalue weighted by Crippen LogP contribution is -2.17. The fourth-order valence-electron chi connectivity index (χ4n) is 1.33. The van der Waals surface area contributed by atoms with E-state index in [1.807, 2.05) is 0 Å². The molecule has 4 heteroatoms. The summed E-state index contributed by atoms with van der Waals surface area (Å²) >= 11 is 0. The van der Waals surface area contributed by atoms with E-state index in [0.717, 1.165) is 18.7 Å². The van der Waals surface area contributed by atoms with E-state index >= 15 is 0 Å². The van der Waals surface area contributed by atoms with Gasteiger partial charge >= 0.3 is 0 Å². The summed E-state index contributed by atoms with van der Waals surface area (Å²) in [6, 6.07) is 0. The zero-order valence-electron chi connectivity index (χ0n) is 7.36. The fourth-order valence-corrected chi connectivity index (χ4v) is 1.33. The van der Waals surface area contributed by atoms with Gasteiger partial charge in [0, 0.05) is 12.1 Å². The summed E-state index contributed by atoms with van der Waals surface area (Å²) in [5, 5.41) is 12.2. The molecule has 0 aliphatic carbocycles. The number of hydrogen-bond donors (Lipinski definition) is 0. The van der Waals surface area contributed by atoms with Crippen molar-refractivity contribution < 1.29 is 0 Å². The molecule has 0 unspecified atom stereocenters. The average Bonchev–Trinajstić information content (AvgIpc) is 2.49. The van der Waals surface area contributed by atoms with Crippen LogP contribution in [0.3, 0.4) is 0 Å². The van der Waals surface area contributed by atoms with E-state index in [1.54, 1.807) is 11.0 Å². The molecular weight excluding hydrogens is 152 g/mol. The quantitative estimate of drug-likeness (QED) is 0.623. The Labute approximate surface area is 71.3 Å². The maximum absolute atomic E-state index is 4.41. The van der Waals surface area contributed by atoms with Crippen molar-refractivity contribution in [1.29, 1.82) is 0 Å². The summed E-state index contributed by atoms with van der Waals surface area (Å²) in [6.45, 7) is 4.32. The molecule has 12 heavy (non-hydrogen) atoms. The molecule has 0 radical (unpaired) electrons. The van der Waals surface area contributed by atoms with Crippen molar-refractivity contribution >= 4 is 5.71 Å². The Morgan fingerprint density at radius 1 is 1.42 bits per heavy atom. The molecule has 0 fully saturated rings. The maximum Gasteiger partial charge on any atom is 0.154 e. The minimum atomic E-state index is 0.528. The molecule has 64 valence electrons. The van der Waals surface area contributed by atoms with Crippen molar-refractivity contribution in [2.24, 2.45) is 11.0 Å². The first-order valence-corrected chi connectivity index (χ1v) is 4.24. The first kappa shape index (κ1) is 7.46. The third-order valence-electron chi connectivity index (χ3n) is 2.11. The molecule has 0 N–H and O–H groups in total. The van der Waals surface area contributed by atoms with Crippen molar-refractivity contribution in [1.82, 2.24) is 14.9 Å². The van der Waals surface area contributed by atoms with E-state index in [0.29, 0.717) is 5.92 Å². The highest BCUT2D eigenvalue weighted by Crippen LogP contribution is 2.12. The van der Waals surface area contributed by atoms with E-state index in [9.17, 15) is 0 Å². The SMILES string of the molecule is CC(C)C1=Nn2cnnc2CC1. The van der Waals surface area contributed by atoms with Gasteiger partial charge in [0.15, 0.2) is 5.82 Å². The minimum Gasteiger partial charge on any atom is -0.205 e. The molecule has 0 spiro atoms. The van der Waals surface area contributed by atoms with Crippen molar-refractivity contribution in [2.45, 2.75) is 26.7 Å². The van der Waals surface area contributed by atoms with E-state index in [-0.39, 0.29) is 0 Å². The second kappa shape index (κ2) is 2.69. The zero-order chi connectivity index (χ0) is 8.55. The summed E-state index contributed by atoms with van der Waals surface area (Å²) in [6.07, 6.45) is 3.66. The lowest BCUT2D eigenvalue weighted by Gasteiger charge is -2.14. The van der Waals surface area contributed by atoms with Gasteiger partial charge in [0.05, 0.1) is 0 Å². The van der Waals surface area contributed by atoms with Gasteiger partial charge in [-0.15, -0.1) is 10.2 Å². The third kappa shape index (κ3) is 1.13. The Morgan fingerprint density at radius 3 is 3.00 bits per heavy atom. The Balaban J connectivity index is 2.35. The number of rotatable bonds is 1. The first-order valence-electron chi connectivity index (χ1n) is 4.24. The summed E-state index contributed by atoms with van der Waals surface area (Å²) in [5.74, 6) is 1.50. The number of aryl methyl sites for hydroxylation is 1. The van der Waals surface area contributed by atoms with Gasteiger partial charge in [-0.25, -0.2) is 4.68 Å². The molecule has 0 bridgehead atoms. The second-order valence-electron chi connectivity index (χ2n) is 3.34. The number of aromatic nitrogens is 3. The van der Waals surface area contributed by atoms with Crippen LogP contribution < -0.4 is 0 Å². The van der Waals surface area contributed by atoms with Crippen molar-refractivity contribution in [2.75, 3.05) is 0 Å². The normalized spacial score (nSPS) is 16.1. The smallest absolute Gasteiger partial charge is 0.154 e. The van der Waals surface area contributed by atoms with Crippen LogP contribution in [0, 0.1) is 5.92 Å². The maximum atomic E-state index is 4.41. The highest BCUT2D eigenvalue weighted by Gasteiger charge is 2.14. The Morgan fingerprint density at radius 2 is 2.25 bits per heavy atom. The standard InChI is InChI=1S/C8H12N4/c1-6(2)7-3-4-8-10-9-5-12(8)11-7/h5-6H,3-4H2,1-2H3. The van der Waals surface area contributed by atoms with Crippen LogP contribution in [-0.2, 0) is 6.42 Å². The van der Waals surface area contributed by atoms with Crippen LogP contribution in [-0.4, -0.2) is 20.6 Å². The van der Waals surface area contributed by atoms with Gasteiger partial charge in [-0.2, -0.15) is 5.10 Å². The van der Waals surface area contributed by atoms with Gasteiger partial charge in [-0.1, -0.05) is 13.8 Å². The van der Waals surface area contributed by atoms with Gasteiger partial charge in [-0.3, -0.25) is 0 Å². The highest BCUT2D eigenvalue weighted by molar-refractivity contribution is 5.86. The largest absolute Gasteiger partial charge is 0.205 e. The van der Waals surface area contributed by atoms with Crippen LogP contribution in [0.4, 0.5) is 0 Å². The summed E-state index contributed by atoms with van der Waals surface area (Å²) < 4.78 is 1.78. The van der Waals surface area contributed by atoms with Crippen LogP contribution in [0.2, 0.25) is 0 Å². The molecule has 0 amide bonds. The number of hydrogen-bond acceptors (Lipinski definition) is 3. The average molecular weight is 164 g/mol. The van der Waals surface area contributed by atoms with Gasteiger partial charge in [0.25, 0.3) is 0 Å². The number of nitrogens with zero attached hydrogens (tertiary/aromatic N) is 4. The van der Waals surface area contributed by atoms with Crippen molar-refractivity contribution in [3.63, 3.8) is 0 Å². The van der Waals surface area contributed by atoms with E-state index < -0.39 is 0 Å². The topological polar surface area (TPSA) is 43.1 Å². The van der Waals surface area contributed by atoms with Gasteiger partial charge in [-0.05, 0) is 12.3 Å². The van der Waals surface area contributed by atoms with Crippen LogP contribution in [0.15, 0.2) is 11.4 Å². The van der Waals surface area contributed by atoms with Gasteiger partial charge in [0.1, 0.15) is 6.33 Å². The third-order valence-corrected chi connectivity index (χ3v) is 2.11. The summed E-state index contributed by atoms with van der Waals surface area (Å²) in [4.78, 5) is 0. The fraction of sp³-hybridized carbons (Fsp3) is 0.625. The van der Waals surface area contributed by atoms with Crippen LogP contribution >= 0.6 is 0 Å². The molecule has 0 saturated carbocycles. The van der Waals surface area contributed by atoms with Crippen molar-refractivity contribution in [3.8, 4) is 0 Å². The Hall–Kier alpha value is -1.19. The van der Waals surface area contributed by atoms with Gasteiger partial charge in [0.2, 0.25) is 0 Å². The molecule has 0 atom stereocenters. The minimum absolute atomic E-state index is 0.528. The number of fused-ring (bicyclic) bond motifs is 1.